The second kappa shape index (κ2) is 6.69. The van der Waals surface area contributed by atoms with Gasteiger partial charge in [0.2, 0.25) is 0 Å². The number of thiophene rings is 1. The minimum Gasteiger partial charge on any atom is -0.299 e. The molecule has 1 saturated heterocycles. The molecule has 1 aliphatic heterocycles. The molecule has 0 aliphatic carbocycles. The highest BCUT2D eigenvalue weighted by molar-refractivity contribution is 7.17. The van der Waals surface area contributed by atoms with Crippen LogP contribution in [0.4, 0.5) is 4.39 Å². The molecule has 6 heteroatoms. The molecule has 0 bridgehead atoms. The Kier molecular flexibility index (Phi) is 4.39. The van der Waals surface area contributed by atoms with Gasteiger partial charge in [-0.1, -0.05) is 19.1 Å². The summed E-state index contributed by atoms with van der Waals surface area (Å²) >= 11 is 1.46. The maximum Gasteiger partial charge on any atom is 0.262 e. The lowest BCUT2D eigenvalue weighted by Crippen LogP contribution is -2.36. The first-order chi connectivity index (χ1) is 12.2. The quantitative estimate of drug-likeness (QED) is 0.714. The van der Waals surface area contributed by atoms with Crippen molar-refractivity contribution in [3.63, 3.8) is 0 Å². The molecule has 0 spiro atoms. The zero-order valence-electron chi connectivity index (χ0n) is 14.1. The van der Waals surface area contributed by atoms with Crippen molar-refractivity contribution in [2.24, 2.45) is 0 Å². The van der Waals surface area contributed by atoms with Crippen molar-refractivity contribution in [3.8, 4) is 11.1 Å². The summed E-state index contributed by atoms with van der Waals surface area (Å²) in [6, 6.07) is 6.67. The SMILES string of the molecule is CCN1CCC[C@H]1Cn1cnc2scc(-c3ccc(F)cc3)c2c1=O. The summed E-state index contributed by atoms with van der Waals surface area (Å²) in [7, 11) is 0. The molecule has 3 aromatic rings. The van der Waals surface area contributed by atoms with Gasteiger partial charge in [0.1, 0.15) is 10.6 Å². The van der Waals surface area contributed by atoms with Crippen LogP contribution in [0.2, 0.25) is 0 Å². The highest BCUT2D eigenvalue weighted by atomic mass is 32.1. The third kappa shape index (κ3) is 3.00. The number of aromatic nitrogens is 2. The molecule has 1 aliphatic rings. The van der Waals surface area contributed by atoms with Gasteiger partial charge in [-0.25, -0.2) is 9.37 Å². The molecule has 4 rings (SSSR count). The van der Waals surface area contributed by atoms with E-state index in [-0.39, 0.29) is 11.4 Å². The second-order valence-electron chi connectivity index (χ2n) is 6.46. The van der Waals surface area contributed by atoms with E-state index in [0.717, 1.165) is 35.5 Å². The molecule has 4 nitrogen and oxygen atoms in total. The summed E-state index contributed by atoms with van der Waals surface area (Å²) < 4.78 is 14.9. The van der Waals surface area contributed by atoms with Gasteiger partial charge in [0.25, 0.3) is 5.56 Å². The van der Waals surface area contributed by atoms with Crippen LogP contribution in [0.5, 0.6) is 0 Å². The predicted molar refractivity (Wildman–Crippen MR) is 99.5 cm³/mol. The Bertz CT molecular complexity index is 947. The number of hydrogen-bond acceptors (Lipinski definition) is 4. The van der Waals surface area contributed by atoms with E-state index in [0.29, 0.717) is 18.0 Å². The molecule has 0 N–H and O–H groups in total. The van der Waals surface area contributed by atoms with E-state index in [1.165, 1.54) is 29.9 Å². The van der Waals surface area contributed by atoms with E-state index in [4.69, 9.17) is 0 Å². The van der Waals surface area contributed by atoms with Gasteiger partial charge < -0.3 is 0 Å². The van der Waals surface area contributed by atoms with Crippen molar-refractivity contribution in [2.45, 2.75) is 32.4 Å². The van der Waals surface area contributed by atoms with Gasteiger partial charge in [-0.2, -0.15) is 0 Å². The molecule has 0 saturated carbocycles. The molecule has 3 heterocycles. The van der Waals surface area contributed by atoms with Crippen molar-refractivity contribution < 1.29 is 4.39 Å². The highest BCUT2D eigenvalue weighted by Gasteiger charge is 2.24. The average Bonchev–Trinajstić information content (AvgIpc) is 3.25. The van der Waals surface area contributed by atoms with E-state index in [1.807, 2.05) is 5.38 Å². The van der Waals surface area contributed by atoms with Crippen LogP contribution < -0.4 is 5.56 Å². The summed E-state index contributed by atoms with van der Waals surface area (Å²) in [4.78, 5) is 20.7. The Balaban J connectivity index is 1.75. The normalized spacial score (nSPS) is 18.2. The van der Waals surface area contributed by atoms with Crippen LogP contribution in [0, 0.1) is 5.82 Å². The standard InChI is InChI=1S/C19H20FN3OS/c1-2-22-9-3-4-15(22)10-23-12-21-18-17(19(23)24)16(11-25-18)13-5-7-14(20)8-6-13/h5-8,11-12,15H,2-4,9-10H2,1H3/t15-/m0/s1. The fourth-order valence-electron chi connectivity index (χ4n) is 3.68. The van der Waals surface area contributed by atoms with Crippen LogP contribution in [-0.4, -0.2) is 33.6 Å². The van der Waals surface area contributed by atoms with Gasteiger partial charge in [0.15, 0.2) is 0 Å². The van der Waals surface area contributed by atoms with Gasteiger partial charge in [0.05, 0.1) is 11.7 Å². The first kappa shape index (κ1) is 16.4. The highest BCUT2D eigenvalue weighted by Crippen LogP contribution is 2.30. The summed E-state index contributed by atoms with van der Waals surface area (Å²) in [5.74, 6) is -0.278. The zero-order chi connectivity index (χ0) is 17.4. The van der Waals surface area contributed by atoms with E-state index in [2.05, 4.69) is 16.8 Å². The first-order valence-corrected chi connectivity index (χ1v) is 9.52. The number of halogens is 1. The van der Waals surface area contributed by atoms with E-state index < -0.39 is 0 Å². The van der Waals surface area contributed by atoms with Crippen molar-refractivity contribution in [3.05, 3.63) is 52.1 Å². The number of benzene rings is 1. The first-order valence-electron chi connectivity index (χ1n) is 8.64. The summed E-state index contributed by atoms with van der Waals surface area (Å²) in [6.07, 6.45) is 3.97. The average molecular weight is 357 g/mol. The van der Waals surface area contributed by atoms with Crippen molar-refractivity contribution in [1.29, 1.82) is 0 Å². The smallest absolute Gasteiger partial charge is 0.262 e. The van der Waals surface area contributed by atoms with E-state index in [9.17, 15) is 9.18 Å². The number of fused-ring (bicyclic) bond motifs is 1. The summed E-state index contributed by atoms with van der Waals surface area (Å²) in [5.41, 5.74) is 1.68. The Morgan fingerprint density at radius 1 is 1.32 bits per heavy atom. The molecule has 2 aromatic heterocycles. The lowest BCUT2D eigenvalue weighted by Gasteiger charge is -2.23. The third-order valence-corrected chi connectivity index (χ3v) is 5.91. The molecular weight excluding hydrogens is 337 g/mol. The lowest BCUT2D eigenvalue weighted by molar-refractivity contribution is 0.242. The topological polar surface area (TPSA) is 38.1 Å². The number of rotatable bonds is 4. The van der Waals surface area contributed by atoms with Crippen molar-refractivity contribution >= 4 is 21.6 Å². The molecule has 25 heavy (non-hydrogen) atoms. The molecule has 0 radical (unpaired) electrons. The Morgan fingerprint density at radius 3 is 2.88 bits per heavy atom. The predicted octanol–water partition coefficient (Wildman–Crippen LogP) is 3.75. The van der Waals surface area contributed by atoms with E-state index in [1.54, 1.807) is 23.0 Å². The zero-order valence-corrected chi connectivity index (χ0v) is 14.9. The molecule has 0 unspecified atom stereocenters. The lowest BCUT2D eigenvalue weighted by atomic mass is 10.1. The van der Waals surface area contributed by atoms with Crippen LogP contribution in [0.1, 0.15) is 19.8 Å². The molecular formula is C19H20FN3OS. The Morgan fingerprint density at radius 2 is 2.12 bits per heavy atom. The number of likely N-dealkylation sites (N-methyl/N-ethyl adjacent to an activating group) is 1. The molecule has 1 atom stereocenters. The molecule has 130 valence electrons. The Hall–Kier alpha value is -2.05. The number of likely N-dealkylation sites (tertiary alicyclic amines) is 1. The van der Waals surface area contributed by atoms with Crippen LogP contribution >= 0.6 is 11.3 Å². The van der Waals surface area contributed by atoms with Crippen molar-refractivity contribution in [1.82, 2.24) is 14.5 Å². The Labute approximate surface area is 149 Å². The molecule has 1 fully saturated rings. The second-order valence-corrected chi connectivity index (χ2v) is 7.32. The fourth-order valence-corrected chi connectivity index (χ4v) is 4.59. The van der Waals surface area contributed by atoms with Crippen LogP contribution in [0.25, 0.3) is 21.3 Å². The van der Waals surface area contributed by atoms with Gasteiger partial charge in [0, 0.05) is 23.5 Å². The maximum atomic E-state index is 13.2. The summed E-state index contributed by atoms with van der Waals surface area (Å²) in [5, 5.41) is 2.57. The monoisotopic (exact) mass is 357 g/mol. The fraction of sp³-hybridized carbons (Fsp3) is 0.368. The number of hydrogen-bond donors (Lipinski definition) is 0. The van der Waals surface area contributed by atoms with E-state index >= 15 is 0 Å². The minimum atomic E-state index is -0.278. The van der Waals surface area contributed by atoms with Crippen LogP contribution in [0.15, 0.2) is 40.8 Å². The third-order valence-electron chi connectivity index (χ3n) is 5.03. The van der Waals surface area contributed by atoms with Gasteiger partial charge in [-0.3, -0.25) is 14.3 Å². The maximum absolute atomic E-state index is 13.2. The molecule has 0 amide bonds. The van der Waals surface area contributed by atoms with Crippen LogP contribution in [-0.2, 0) is 6.54 Å². The summed E-state index contributed by atoms with van der Waals surface area (Å²) in [6.45, 7) is 4.95. The minimum absolute atomic E-state index is 0.00599. The van der Waals surface area contributed by atoms with Gasteiger partial charge in [-0.05, 0) is 43.6 Å². The van der Waals surface area contributed by atoms with Gasteiger partial charge in [-0.15, -0.1) is 11.3 Å². The van der Waals surface area contributed by atoms with Crippen molar-refractivity contribution in [2.75, 3.05) is 13.1 Å². The molecule has 1 aromatic carbocycles. The number of nitrogens with zero attached hydrogens (tertiary/aromatic N) is 3. The largest absolute Gasteiger partial charge is 0.299 e. The van der Waals surface area contributed by atoms with Gasteiger partial charge >= 0.3 is 0 Å². The van der Waals surface area contributed by atoms with Crippen LogP contribution in [0.3, 0.4) is 0 Å².